The van der Waals surface area contributed by atoms with Crippen molar-refractivity contribution in [3.63, 3.8) is 0 Å². The average Bonchev–Trinajstić information content (AvgIpc) is 3.51. The summed E-state index contributed by atoms with van der Waals surface area (Å²) in [5, 5.41) is 14.9. The topological polar surface area (TPSA) is 135 Å². The van der Waals surface area contributed by atoms with Crippen LogP contribution in [-0.4, -0.2) is 71.1 Å². The Morgan fingerprint density at radius 2 is 1.98 bits per heavy atom. The number of aliphatic imine (C=N–C) groups is 1. The summed E-state index contributed by atoms with van der Waals surface area (Å²) < 4.78 is 3.24. The van der Waals surface area contributed by atoms with E-state index < -0.39 is 5.60 Å². The molecule has 44 heavy (non-hydrogen) atoms. The fraction of sp³-hybridized carbons (Fsp3) is 0.455. The summed E-state index contributed by atoms with van der Waals surface area (Å²) in [7, 11) is 0. The third kappa shape index (κ3) is 4.70. The van der Waals surface area contributed by atoms with Gasteiger partial charge in [-0.2, -0.15) is 4.98 Å². The standard InChI is InChI=1S/C33H37N7O4/c1-3-16-39-31(43)26-19-34-32(37-29(26)40(39)27-12-5-20-13-15-33(44,4-2)28(20)36-27)35-22-6-11-25-21(18-22)14-17-38(30(25)42)23-7-9-24(41)10-8-23/h3,5-6,11-12,18-20,23,28,44H,1,4,7-10,13-17H2,2H3,(H,34,35,37)/t20?,28?,33-/m1/s1. The van der Waals surface area contributed by atoms with Crippen molar-refractivity contribution in [1.29, 1.82) is 0 Å². The molecular formula is C33H37N7O4. The lowest BCUT2D eigenvalue weighted by Crippen LogP contribution is -2.46. The number of carbonyl (C=O) groups excluding carboxylic acids is 2. The molecule has 11 heteroatoms. The molecule has 4 heterocycles. The quantitative estimate of drug-likeness (QED) is 0.414. The molecule has 2 fully saturated rings. The van der Waals surface area contributed by atoms with Gasteiger partial charge in [-0.05, 0) is 68.4 Å². The zero-order chi connectivity index (χ0) is 30.6. The molecule has 3 atom stereocenters. The number of anilines is 2. The number of benzene rings is 1. The summed E-state index contributed by atoms with van der Waals surface area (Å²) in [6.45, 7) is 6.69. The van der Waals surface area contributed by atoms with Crippen LogP contribution in [0.4, 0.5) is 11.6 Å². The van der Waals surface area contributed by atoms with Gasteiger partial charge in [0.25, 0.3) is 11.5 Å². The Hall–Kier alpha value is -4.38. The monoisotopic (exact) mass is 595 g/mol. The van der Waals surface area contributed by atoms with Crippen molar-refractivity contribution in [1.82, 2.24) is 24.2 Å². The van der Waals surface area contributed by atoms with Crippen molar-refractivity contribution in [2.45, 2.75) is 82.5 Å². The van der Waals surface area contributed by atoms with Gasteiger partial charge in [-0.25, -0.2) is 14.3 Å². The van der Waals surface area contributed by atoms with Crippen LogP contribution in [0.5, 0.6) is 0 Å². The van der Waals surface area contributed by atoms with Gasteiger partial charge in [-0.1, -0.05) is 19.1 Å². The molecule has 11 nitrogen and oxygen atoms in total. The van der Waals surface area contributed by atoms with Crippen LogP contribution in [0.2, 0.25) is 0 Å². The van der Waals surface area contributed by atoms with Crippen LogP contribution in [-0.2, 0) is 17.8 Å². The first-order valence-electron chi connectivity index (χ1n) is 15.6. The molecule has 2 unspecified atom stereocenters. The third-order valence-corrected chi connectivity index (χ3v) is 9.87. The van der Waals surface area contributed by atoms with Gasteiger partial charge in [0.1, 0.15) is 17.0 Å². The SMILES string of the molecule is C=CCn1c(=O)c2cnc(Nc3ccc4c(c3)CCN(C3CCC(=O)CC3)C4=O)nc2n1C1=NC2C(C=C1)CC[C@]2(O)CC. The number of allylic oxidation sites excluding steroid dienone is 2. The van der Waals surface area contributed by atoms with E-state index in [1.165, 1.54) is 10.9 Å². The van der Waals surface area contributed by atoms with Crippen LogP contribution < -0.4 is 10.9 Å². The molecule has 0 saturated heterocycles. The summed E-state index contributed by atoms with van der Waals surface area (Å²) in [4.78, 5) is 54.6. The zero-order valence-corrected chi connectivity index (χ0v) is 24.9. The molecule has 2 N–H and O–H groups in total. The number of aromatic nitrogens is 4. The number of dihydropyridines is 1. The second-order valence-corrected chi connectivity index (χ2v) is 12.4. The Kier molecular flexibility index (Phi) is 7.07. The van der Waals surface area contributed by atoms with Gasteiger partial charge in [-0.15, -0.1) is 6.58 Å². The molecule has 2 aromatic heterocycles. The molecule has 1 aromatic carbocycles. The number of rotatable bonds is 6. The summed E-state index contributed by atoms with van der Waals surface area (Å²) in [6, 6.07) is 5.47. The van der Waals surface area contributed by atoms with Crippen LogP contribution in [0.25, 0.3) is 11.0 Å². The molecule has 3 aromatic rings. The second kappa shape index (κ2) is 11.0. The first-order chi connectivity index (χ1) is 21.3. The Balaban J connectivity index is 1.19. The minimum absolute atomic E-state index is 0.0168. The third-order valence-electron chi connectivity index (χ3n) is 9.87. The van der Waals surface area contributed by atoms with E-state index in [2.05, 4.69) is 23.0 Å². The fourth-order valence-corrected chi connectivity index (χ4v) is 7.35. The Bertz CT molecular complexity index is 1790. The van der Waals surface area contributed by atoms with Gasteiger partial charge in [0.2, 0.25) is 5.95 Å². The predicted molar refractivity (Wildman–Crippen MR) is 167 cm³/mol. The number of carbonyl (C=O) groups is 2. The van der Waals surface area contributed by atoms with E-state index in [0.717, 1.165) is 36.9 Å². The number of hydrogen-bond acceptors (Lipinski definition) is 8. The molecule has 7 rings (SSSR count). The summed E-state index contributed by atoms with van der Waals surface area (Å²) >= 11 is 0. The van der Waals surface area contributed by atoms with Gasteiger partial charge in [-0.3, -0.25) is 19.4 Å². The van der Waals surface area contributed by atoms with Crippen molar-refractivity contribution in [3.05, 3.63) is 70.7 Å². The maximum atomic E-state index is 13.4. The van der Waals surface area contributed by atoms with Crippen LogP contribution in [0.15, 0.2) is 59.0 Å². The smallest absolute Gasteiger partial charge is 0.278 e. The Labute approximate surface area is 255 Å². The lowest BCUT2D eigenvalue weighted by Gasteiger charge is -2.37. The second-order valence-electron chi connectivity index (χ2n) is 12.4. The number of Topliss-reactive ketones (excluding diaryl/α,β-unsaturated/α-hetero) is 1. The minimum atomic E-state index is -0.880. The predicted octanol–water partition coefficient (Wildman–Crippen LogP) is 3.77. The van der Waals surface area contributed by atoms with Crippen LogP contribution in [0.1, 0.15) is 67.8 Å². The molecule has 0 bridgehead atoms. The van der Waals surface area contributed by atoms with Crippen molar-refractivity contribution < 1.29 is 14.7 Å². The minimum Gasteiger partial charge on any atom is -0.388 e. The van der Waals surface area contributed by atoms with Crippen molar-refractivity contribution in [2.75, 3.05) is 11.9 Å². The van der Waals surface area contributed by atoms with Crippen molar-refractivity contribution >= 4 is 40.2 Å². The molecule has 4 aliphatic rings. The molecule has 2 saturated carbocycles. The highest BCUT2D eigenvalue weighted by molar-refractivity contribution is 6.00. The molecule has 2 aliphatic carbocycles. The average molecular weight is 596 g/mol. The molecule has 0 radical (unpaired) electrons. The summed E-state index contributed by atoms with van der Waals surface area (Å²) in [5.74, 6) is 1.31. The normalized spacial score (nSPS) is 25.2. The van der Waals surface area contributed by atoms with E-state index in [9.17, 15) is 19.5 Å². The molecule has 0 spiro atoms. The number of ketones is 1. The van der Waals surface area contributed by atoms with Gasteiger partial charge >= 0.3 is 0 Å². The Morgan fingerprint density at radius 3 is 2.75 bits per heavy atom. The number of fused-ring (bicyclic) bond motifs is 3. The van der Waals surface area contributed by atoms with Gasteiger partial charge in [0, 0.05) is 48.8 Å². The maximum Gasteiger partial charge on any atom is 0.278 e. The van der Waals surface area contributed by atoms with Crippen LogP contribution >= 0.6 is 0 Å². The maximum absolute atomic E-state index is 13.4. The number of amides is 1. The van der Waals surface area contributed by atoms with Crippen LogP contribution in [0.3, 0.4) is 0 Å². The van der Waals surface area contributed by atoms with Gasteiger partial charge in [0.15, 0.2) is 5.65 Å². The number of hydrogen-bond donors (Lipinski definition) is 2. The van der Waals surface area contributed by atoms with E-state index >= 15 is 0 Å². The molecule has 2 aliphatic heterocycles. The lowest BCUT2D eigenvalue weighted by atomic mass is 9.90. The van der Waals surface area contributed by atoms with Crippen molar-refractivity contribution in [2.24, 2.45) is 10.9 Å². The number of aliphatic hydroxyl groups is 1. The highest BCUT2D eigenvalue weighted by Crippen LogP contribution is 2.42. The van der Waals surface area contributed by atoms with Crippen molar-refractivity contribution in [3.8, 4) is 0 Å². The van der Waals surface area contributed by atoms with Gasteiger partial charge in [0.05, 0.1) is 18.2 Å². The largest absolute Gasteiger partial charge is 0.388 e. The van der Waals surface area contributed by atoms with E-state index in [1.54, 1.807) is 10.8 Å². The molecule has 228 valence electrons. The van der Waals surface area contributed by atoms with E-state index in [0.29, 0.717) is 60.6 Å². The zero-order valence-electron chi connectivity index (χ0n) is 24.9. The number of nitrogens with zero attached hydrogens (tertiary/aromatic N) is 6. The van der Waals surface area contributed by atoms with Gasteiger partial charge < -0.3 is 15.3 Å². The molecule has 1 amide bonds. The van der Waals surface area contributed by atoms with Crippen LogP contribution in [0, 0.1) is 5.92 Å². The number of nitrogens with one attached hydrogen (secondary N) is 1. The first-order valence-corrected chi connectivity index (χ1v) is 15.6. The summed E-state index contributed by atoms with van der Waals surface area (Å²) in [6.07, 6.45) is 12.6. The lowest BCUT2D eigenvalue weighted by molar-refractivity contribution is -0.121. The molecular weight excluding hydrogens is 558 g/mol. The highest BCUT2D eigenvalue weighted by atomic mass is 16.3. The first kappa shape index (κ1) is 28.4. The van der Waals surface area contributed by atoms with E-state index in [-0.39, 0.29) is 41.8 Å². The highest BCUT2D eigenvalue weighted by Gasteiger charge is 2.46. The Morgan fingerprint density at radius 1 is 1.16 bits per heavy atom. The summed E-state index contributed by atoms with van der Waals surface area (Å²) in [5.41, 5.74) is 1.66. The fourth-order valence-electron chi connectivity index (χ4n) is 7.35. The van der Waals surface area contributed by atoms with E-state index in [1.807, 2.05) is 36.1 Å². The van der Waals surface area contributed by atoms with E-state index in [4.69, 9.17) is 9.98 Å².